The highest BCUT2D eigenvalue weighted by Gasteiger charge is 2.65. The maximum atomic E-state index is 13.9. The Kier molecular flexibility index (Phi) is 5.40. The van der Waals surface area contributed by atoms with E-state index in [1.165, 1.54) is 48.5 Å². The van der Waals surface area contributed by atoms with Crippen LogP contribution in [0.4, 0.5) is 10.5 Å². The van der Waals surface area contributed by atoms with Gasteiger partial charge in [0.2, 0.25) is 0 Å². The molecule has 174 valence electrons. The third-order valence-electron chi connectivity index (χ3n) is 6.57. The van der Waals surface area contributed by atoms with Gasteiger partial charge in [-0.2, -0.15) is 0 Å². The van der Waals surface area contributed by atoms with E-state index >= 15 is 0 Å². The molecule has 1 amide bonds. The zero-order valence-corrected chi connectivity index (χ0v) is 18.9. The number of ether oxygens (including phenoxy) is 1. The second kappa shape index (κ2) is 8.43. The molecule has 0 heterocycles. The van der Waals surface area contributed by atoms with Gasteiger partial charge in [0.25, 0.3) is 0 Å². The van der Waals surface area contributed by atoms with Gasteiger partial charge < -0.3 is 4.74 Å². The predicted molar refractivity (Wildman–Crippen MR) is 127 cm³/mol. The van der Waals surface area contributed by atoms with E-state index in [9.17, 15) is 24.0 Å². The Hall–Kier alpha value is -4.39. The van der Waals surface area contributed by atoms with E-state index in [0.717, 1.165) is 0 Å². The average molecular weight is 467 g/mol. The molecule has 0 unspecified atom stereocenters. The predicted octanol–water partition coefficient (Wildman–Crippen LogP) is 4.66. The molecule has 2 aliphatic rings. The zero-order chi connectivity index (χ0) is 24.7. The number of hydrogen-bond donors (Lipinski definition) is 1. The van der Waals surface area contributed by atoms with Crippen molar-refractivity contribution in [2.45, 2.75) is 18.8 Å². The Morgan fingerprint density at radius 1 is 0.771 bits per heavy atom. The normalized spacial score (nSPS) is 16.3. The summed E-state index contributed by atoms with van der Waals surface area (Å²) in [4.78, 5) is 66.8. The minimum atomic E-state index is -2.03. The van der Waals surface area contributed by atoms with Crippen LogP contribution in [0, 0.1) is 5.92 Å². The van der Waals surface area contributed by atoms with E-state index in [0.29, 0.717) is 12.1 Å². The Morgan fingerprint density at radius 3 is 1.74 bits per heavy atom. The van der Waals surface area contributed by atoms with Crippen molar-refractivity contribution in [1.29, 1.82) is 0 Å². The van der Waals surface area contributed by atoms with Gasteiger partial charge in [-0.05, 0) is 24.1 Å². The molecule has 7 heteroatoms. The van der Waals surface area contributed by atoms with Crippen molar-refractivity contribution in [1.82, 2.24) is 0 Å². The van der Waals surface area contributed by atoms with Gasteiger partial charge in [-0.1, -0.05) is 67.6 Å². The van der Waals surface area contributed by atoms with E-state index < -0.39 is 40.6 Å². The van der Waals surface area contributed by atoms with E-state index in [-0.39, 0.29) is 34.4 Å². The molecule has 0 atom stereocenters. The summed E-state index contributed by atoms with van der Waals surface area (Å²) in [5.41, 5.74) is -0.661. The number of Topliss-reactive ketones (excluding diaryl/α,β-unsaturated/α-hetero) is 4. The van der Waals surface area contributed by atoms with Crippen LogP contribution in [0.1, 0.15) is 60.3 Å². The summed E-state index contributed by atoms with van der Waals surface area (Å²) in [6.45, 7) is 2.14. The maximum absolute atomic E-state index is 13.9. The molecule has 0 aromatic heterocycles. The molecule has 0 aliphatic heterocycles. The van der Waals surface area contributed by atoms with Crippen molar-refractivity contribution in [3.63, 3.8) is 0 Å². The zero-order valence-electron chi connectivity index (χ0n) is 18.9. The Bertz CT molecular complexity index is 1330. The minimum absolute atomic E-state index is 0.180. The summed E-state index contributed by atoms with van der Waals surface area (Å²) in [7, 11) is 0. The topological polar surface area (TPSA) is 107 Å². The summed E-state index contributed by atoms with van der Waals surface area (Å²) >= 11 is 0. The van der Waals surface area contributed by atoms with Crippen molar-refractivity contribution < 1.29 is 28.7 Å². The lowest BCUT2D eigenvalue weighted by atomic mass is 9.64. The molecule has 3 aromatic rings. The first-order valence-corrected chi connectivity index (χ1v) is 11.3. The summed E-state index contributed by atoms with van der Waals surface area (Å²) in [6, 6.07) is 18.8. The first-order chi connectivity index (χ1) is 16.9. The summed E-state index contributed by atoms with van der Waals surface area (Å²) in [6.07, 6.45) is 0.0391. The van der Waals surface area contributed by atoms with Crippen LogP contribution in [0.15, 0.2) is 72.8 Å². The van der Waals surface area contributed by atoms with Gasteiger partial charge in [0.1, 0.15) is 11.3 Å². The largest absolute Gasteiger partial charge is 0.449 e. The van der Waals surface area contributed by atoms with Gasteiger partial charge in [-0.25, -0.2) is 4.79 Å². The second-order valence-corrected chi connectivity index (χ2v) is 8.56. The van der Waals surface area contributed by atoms with Crippen LogP contribution in [-0.2, 0) is 10.2 Å². The van der Waals surface area contributed by atoms with Crippen LogP contribution in [0.25, 0.3) is 0 Å². The number of anilines is 1. The summed E-state index contributed by atoms with van der Waals surface area (Å²) < 4.78 is 5.02. The molecule has 2 aliphatic carbocycles. The standard InChI is InChI=1S/C28H21NO6/c1-2-15-35-27(34)29-17-13-11-16(12-14-17)28(25(32)20-9-5-6-10-21(20)26(28)33)22-23(30)18-7-3-4-8-19(18)24(22)31/h3-14,22H,2,15H2,1H3,(H,29,34). The SMILES string of the molecule is CCCOC(=O)Nc1ccc(C2(C3C(=O)c4ccccc4C3=O)C(=O)c3ccccc3C2=O)cc1. The van der Waals surface area contributed by atoms with Gasteiger partial charge in [0.15, 0.2) is 23.1 Å². The van der Waals surface area contributed by atoms with Crippen molar-refractivity contribution >= 4 is 34.9 Å². The minimum Gasteiger partial charge on any atom is -0.449 e. The highest BCUT2D eigenvalue weighted by Crippen LogP contribution is 2.49. The summed E-state index contributed by atoms with van der Waals surface area (Å²) in [5, 5.41) is 2.58. The summed E-state index contributed by atoms with van der Waals surface area (Å²) in [5.74, 6) is -3.78. The number of carbonyl (C=O) groups is 5. The smallest absolute Gasteiger partial charge is 0.411 e. The van der Waals surface area contributed by atoms with E-state index in [1.54, 1.807) is 24.3 Å². The van der Waals surface area contributed by atoms with Crippen LogP contribution in [0.5, 0.6) is 0 Å². The van der Waals surface area contributed by atoms with Gasteiger partial charge in [0, 0.05) is 27.9 Å². The van der Waals surface area contributed by atoms with E-state index in [4.69, 9.17) is 4.74 Å². The Balaban J connectivity index is 1.63. The van der Waals surface area contributed by atoms with Gasteiger partial charge in [-0.15, -0.1) is 0 Å². The number of hydrogen-bond acceptors (Lipinski definition) is 6. The van der Waals surface area contributed by atoms with Crippen LogP contribution < -0.4 is 5.32 Å². The fourth-order valence-corrected chi connectivity index (χ4v) is 5.00. The van der Waals surface area contributed by atoms with Crippen molar-refractivity contribution in [3.8, 4) is 0 Å². The number of amides is 1. The lowest BCUT2D eigenvalue weighted by Gasteiger charge is -2.31. The van der Waals surface area contributed by atoms with Crippen molar-refractivity contribution in [2.24, 2.45) is 5.92 Å². The van der Waals surface area contributed by atoms with Crippen molar-refractivity contribution in [2.75, 3.05) is 11.9 Å². The molecule has 3 aromatic carbocycles. The second-order valence-electron chi connectivity index (χ2n) is 8.56. The van der Waals surface area contributed by atoms with Gasteiger partial charge >= 0.3 is 6.09 Å². The third kappa shape index (κ3) is 3.23. The van der Waals surface area contributed by atoms with Gasteiger partial charge in [0.05, 0.1) is 6.61 Å². The Morgan fingerprint density at radius 2 is 1.26 bits per heavy atom. The molecule has 0 spiro atoms. The number of ketones is 4. The monoisotopic (exact) mass is 467 g/mol. The molecule has 0 fully saturated rings. The molecule has 0 bridgehead atoms. The van der Waals surface area contributed by atoms with Crippen LogP contribution in [0.2, 0.25) is 0 Å². The van der Waals surface area contributed by atoms with Crippen LogP contribution in [0.3, 0.4) is 0 Å². The molecule has 7 nitrogen and oxygen atoms in total. The highest BCUT2D eigenvalue weighted by atomic mass is 16.5. The van der Waals surface area contributed by atoms with E-state index in [2.05, 4.69) is 5.32 Å². The van der Waals surface area contributed by atoms with Crippen LogP contribution in [-0.4, -0.2) is 35.8 Å². The Labute approximate surface area is 201 Å². The lowest BCUT2D eigenvalue weighted by molar-refractivity contribution is 0.0612. The molecule has 0 radical (unpaired) electrons. The lowest BCUT2D eigenvalue weighted by Crippen LogP contribution is -2.50. The number of benzene rings is 3. The molecule has 0 saturated carbocycles. The first-order valence-electron chi connectivity index (χ1n) is 11.3. The fourth-order valence-electron chi connectivity index (χ4n) is 5.00. The fraction of sp³-hybridized carbons (Fsp3) is 0.179. The van der Waals surface area contributed by atoms with E-state index in [1.807, 2.05) is 6.92 Å². The molecule has 5 rings (SSSR count). The number of carbonyl (C=O) groups excluding carboxylic acids is 5. The number of fused-ring (bicyclic) bond motifs is 2. The maximum Gasteiger partial charge on any atom is 0.411 e. The molecule has 35 heavy (non-hydrogen) atoms. The molecular formula is C28H21NO6. The van der Waals surface area contributed by atoms with Crippen LogP contribution >= 0.6 is 0 Å². The van der Waals surface area contributed by atoms with Crippen molar-refractivity contribution in [3.05, 3.63) is 101 Å². The third-order valence-corrected chi connectivity index (χ3v) is 6.57. The first kappa shape index (κ1) is 22.4. The number of nitrogens with one attached hydrogen (secondary N) is 1. The van der Waals surface area contributed by atoms with Gasteiger partial charge in [-0.3, -0.25) is 24.5 Å². The quantitative estimate of drug-likeness (QED) is 0.547. The highest BCUT2D eigenvalue weighted by molar-refractivity contribution is 6.40. The number of rotatable bonds is 5. The average Bonchev–Trinajstić information content (AvgIpc) is 3.26. The molecule has 0 saturated heterocycles. The molecule has 1 N–H and O–H groups in total. The molecular weight excluding hydrogens is 446 g/mol.